The summed E-state index contributed by atoms with van der Waals surface area (Å²) in [5.74, 6) is 0.856. The summed E-state index contributed by atoms with van der Waals surface area (Å²) in [4.78, 5) is 17.6. The van der Waals surface area contributed by atoms with Crippen molar-refractivity contribution in [3.63, 3.8) is 0 Å². The van der Waals surface area contributed by atoms with Crippen LogP contribution in [-0.2, 0) is 0 Å². The van der Waals surface area contributed by atoms with Crippen molar-refractivity contribution in [2.24, 2.45) is 0 Å². The molecule has 4 aromatic rings. The monoisotopic (exact) mass is 438 g/mol. The van der Waals surface area contributed by atoms with Gasteiger partial charge in [0.05, 0.1) is 43.9 Å². The van der Waals surface area contributed by atoms with Gasteiger partial charge in [-0.2, -0.15) is 0 Å². The van der Waals surface area contributed by atoms with E-state index in [4.69, 9.17) is 25.8 Å². The molecular weight excluding hydrogens is 420 g/mol. The molecule has 1 N–H and O–H groups in total. The normalized spacial score (nSPS) is 10.7. The van der Waals surface area contributed by atoms with Crippen LogP contribution >= 0.6 is 11.6 Å². The fraction of sp³-hybridized carbons (Fsp3) is 0.136. The van der Waals surface area contributed by atoms with E-state index in [-0.39, 0.29) is 5.56 Å². The Balaban J connectivity index is 1.69. The Morgan fingerprint density at radius 1 is 1.00 bits per heavy atom. The third kappa shape index (κ3) is 3.97. The minimum Gasteiger partial charge on any atom is -0.496 e. The van der Waals surface area contributed by atoms with Crippen molar-refractivity contribution in [2.75, 3.05) is 26.6 Å². The average molecular weight is 439 g/mol. The molecule has 2 heterocycles. The highest BCUT2D eigenvalue weighted by molar-refractivity contribution is 6.34. The number of benzene rings is 2. The van der Waals surface area contributed by atoms with E-state index in [1.54, 1.807) is 54.2 Å². The Bertz CT molecular complexity index is 1250. The van der Waals surface area contributed by atoms with Gasteiger partial charge in [-0.25, -0.2) is 9.50 Å². The maximum atomic E-state index is 13.0. The molecule has 0 unspecified atom stereocenters. The Kier molecular flexibility index (Phi) is 5.64. The SMILES string of the molecule is COc1ccc2nc(-c3ccc(Cl)c(NC(=O)c4c(OC)cccc4OC)c3)cn2n1. The number of rotatable bonds is 6. The summed E-state index contributed by atoms with van der Waals surface area (Å²) in [5, 5.41) is 7.54. The van der Waals surface area contributed by atoms with E-state index in [9.17, 15) is 4.79 Å². The van der Waals surface area contributed by atoms with Crippen molar-refractivity contribution in [2.45, 2.75) is 0 Å². The van der Waals surface area contributed by atoms with Crippen molar-refractivity contribution in [1.29, 1.82) is 0 Å². The lowest BCUT2D eigenvalue weighted by Crippen LogP contribution is -2.15. The van der Waals surface area contributed by atoms with Gasteiger partial charge >= 0.3 is 0 Å². The molecule has 0 aliphatic rings. The second kappa shape index (κ2) is 8.53. The van der Waals surface area contributed by atoms with Gasteiger partial charge in [-0.15, -0.1) is 5.10 Å². The number of carbonyl (C=O) groups is 1. The number of hydrogen-bond acceptors (Lipinski definition) is 6. The number of hydrogen-bond donors (Lipinski definition) is 1. The Morgan fingerprint density at radius 3 is 2.42 bits per heavy atom. The van der Waals surface area contributed by atoms with E-state index >= 15 is 0 Å². The molecule has 0 fully saturated rings. The molecule has 0 atom stereocenters. The molecule has 0 bridgehead atoms. The molecule has 2 aromatic heterocycles. The van der Waals surface area contributed by atoms with Crippen molar-refractivity contribution in [1.82, 2.24) is 14.6 Å². The first-order valence-corrected chi connectivity index (χ1v) is 9.64. The van der Waals surface area contributed by atoms with Crippen LogP contribution in [0, 0.1) is 0 Å². The molecule has 4 rings (SSSR count). The number of aromatic nitrogens is 3. The second-order valence-corrected chi connectivity index (χ2v) is 6.90. The lowest BCUT2D eigenvalue weighted by Gasteiger charge is -2.14. The number of anilines is 1. The van der Waals surface area contributed by atoms with Gasteiger partial charge in [0.25, 0.3) is 5.91 Å². The number of halogens is 1. The van der Waals surface area contributed by atoms with Crippen molar-refractivity contribution < 1.29 is 19.0 Å². The first-order chi connectivity index (χ1) is 15.0. The molecule has 8 nitrogen and oxygen atoms in total. The molecule has 0 radical (unpaired) electrons. The topological polar surface area (TPSA) is 87.0 Å². The number of fused-ring (bicyclic) bond motifs is 1. The summed E-state index contributed by atoms with van der Waals surface area (Å²) >= 11 is 6.35. The summed E-state index contributed by atoms with van der Waals surface area (Å²) in [5.41, 5.74) is 2.80. The van der Waals surface area contributed by atoms with Crippen LogP contribution in [0.2, 0.25) is 5.02 Å². The van der Waals surface area contributed by atoms with Crippen molar-refractivity contribution >= 4 is 28.8 Å². The predicted molar refractivity (Wildman–Crippen MR) is 117 cm³/mol. The van der Waals surface area contributed by atoms with Gasteiger partial charge in [-0.1, -0.05) is 23.7 Å². The third-order valence-electron chi connectivity index (χ3n) is 4.67. The fourth-order valence-corrected chi connectivity index (χ4v) is 3.32. The lowest BCUT2D eigenvalue weighted by molar-refractivity contribution is 0.102. The number of imidazole rings is 1. The molecule has 158 valence electrons. The largest absolute Gasteiger partial charge is 0.496 e. The third-order valence-corrected chi connectivity index (χ3v) is 5.00. The van der Waals surface area contributed by atoms with Crippen molar-refractivity contribution in [3.05, 3.63) is 65.3 Å². The van der Waals surface area contributed by atoms with Crippen LogP contribution in [0.3, 0.4) is 0 Å². The molecule has 0 aliphatic carbocycles. The zero-order chi connectivity index (χ0) is 22.0. The number of amides is 1. The Labute approximate surface area is 183 Å². The summed E-state index contributed by atoms with van der Waals surface area (Å²) in [6, 6.07) is 13.9. The summed E-state index contributed by atoms with van der Waals surface area (Å²) in [6.45, 7) is 0. The highest BCUT2D eigenvalue weighted by Gasteiger charge is 2.19. The van der Waals surface area contributed by atoms with Gasteiger partial charge in [0.2, 0.25) is 5.88 Å². The van der Waals surface area contributed by atoms with Crippen molar-refractivity contribution in [3.8, 4) is 28.6 Å². The quantitative estimate of drug-likeness (QED) is 0.482. The van der Waals surface area contributed by atoms with E-state index in [0.29, 0.717) is 39.4 Å². The molecule has 0 saturated carbocycles. The zero-order valence-electron chi connectivity index (χ0n) is 17.0. The summed E-state index contributed by atoms with van der Waals surface area (Å²) in [7, 11) is 4.54. The number of ether oxygens (including phenoxy) is 3. The Morgan fingerprint density at radius 2 is 1.74 bits per heavy atom. The molecular formula is C22H19ClN4O4. The van der Waals surface area contributed by atoms with E-state index < -0.39 is 5.91 Å². The predicted octanol–water partition coefficient (Wildman–Crippen LogP) is 4.33. The van der Waals surface area contributed by atoms with Gasteiger partial charge in [0.15, 0.2) is 5.65 Å². The minimum atomic E-state index is -0.408. The van der Waals surface area contributed by atoms with E-state index in [1.807, 2.05) is 12.1 Å². The second-order valence-electron chi connectivity index (χ2n) is 6.49. The average Bonchev–Trinajstić information content (AvgIpc) is 3.23. The van der Waals surface area contributed by atoms with Gasteiger partial charge < -0.3 is 19.5 Å². The summed E-state index contributed by atoms with van der Waals surface area (Å²) in [6.07, 6.45) is 1.77. The molecule has 2 aromatic carbocycles. The molecule has 0 aliphatic heterocycles. The highest BCUT2D eigenvalue weighted by Crippen LogP contribution is 2.32. The number of methoxy groups -OCH3 is 3. The maximum Gasteiger partial charge on any atom is 0.263 e. The first kappa shape index (κ1) is 20.5. The number of nitrogens with one attached hydrogen (secondary N) is 1. The van der Waals surface area contributed by atoms with Crippen LogP contribution in [-0.4, -0.2) is 41.8 Å². The van der Waals surface area contributed by atoms with Crippen LogP contribution in [0.4, 0.5) is 5.69 Å². The van der Waals surface area contributed by atoms with E-state index in [2.05, 4.69) is 15.4 Å². The van der Waals surface area contributed by atoms with Crippen LogP contribution in [0.15, 0.2) is 54.7 Å². The van der Waals surface area contributed by atoms with Crippen LogP contribution < -0.4 is 19.5 Å². The fourth-order valence-electron chi connectivity index (χ4n) is 3.15. The van der Waals surface area contributed by atoms with Gasteiger partial charge in [0, 0.05) is 11.6 Å². The van der Waals surface area contributed by atoms with Crippen LogP contribution in [0.25, 0.3) is 16.9 Å². The van der Waals surface area contributed by atoms with Gasteiger partial charge in [-0.3, -0.25) is 4.79 Å². The maximum absolute atomic E-state index is 13.0. The minimum absolute atomic E-state index is 0.276. The highest BCUT2D eigenvalue weighted by atomic mass is 35.5. The number of nitrogens with zero attached hydrogens (tertiary/aromatic N) is 3. The summed E-state index contributed by atoms with van der Waals surface area (Å²) < 4.78 is 17.4. The molecule has 0 saturated heterocycles. The van der Waals surface area contributed by atoms with Gasteiger partial charge in [-0.05, 0) is 30.3 Å². The standard InChI is InChI=1S/C22H19ClN4O4/c1-29-17-5-4-6-18(30-2)21(17)22(28)25-15-11-13(7-8-14(15)23)16-12-27-19(24-16)9-10-20(26-27)31-3/h4-12H,1-3H3,(H,25,28). The number of carbonyl (C=O) groups excluding carboxylic acids is 1. The molecule has 1 amide bonds. The molecule has 0 spiro atoms. The smallest absolute Gasteiger partial charge is 0.263 e. The van der Waals surface area contributed by atoms with Crippen LogP contribution in [0.1, 0.15) is 10.4 Å². The zero-order valence-corrected chi connectivity index (χ0v) is 17.8. The van der Waals surface area contributed by atoms with Gasteiger partial charge in [0.1, 0.15) is 17.1 Å². The lowest BCUT2D eigenvalue weighted by atomic mass is 10.1. The van der Waals surface area contributed by atoms with E-state index in [1.165, 1.54) is 14.2 Å². The first-order valence-electron chi connectivity index (χ1n) is 9.26. The Hall–Kier alpha value is -3.78. The molecule has 9 heteroatoms. The molecule has 31 heavy (non-hydrogen) atoms. The van der Waals surface area contributed by atoms with Crippen LogP contribution in [0.5, 0.6) is 17.4 Å². The van der Waals surface area contributed by atoms with E-state index in [0.717, 1.165) is 5.56 Å².